The van der Waals surface area contributed by atoms with Gasteiger partial charge in [0.2, 0.25) is 5.91 Å². The quantitative estimate of drug-likeness (QED) is 0.930. The number of hydrogen-bond donors (Lipinski definition) is 1. The minimum atomic E-state index is -0.199. The summed E-state index contributed by atoms with van der Waals surface area (Å²) in [6.45, 7) is 3.58. The monoisotopic (exact) mass is 341 g/mol. The molecular formula is C18H23N5O2. The van der Waals surface area contributed by atoms with Crippen molar-refractivity contribution in [2.24, 2.45) is 0 Å². The largest absolute Gasteiger partial charge is 0.344 e. The Morgan fingerprint density at radius 2 is 1.96 bits per heavy atom. The molecule has 132 valence electrons. The molecule has 3 amide bonds. The highest BCUT2D eigenvalue weighted by Crippen LogP contribution is 2.19. The molecule has 1 aromatic heterocycles. The summed E-state index contributed by atoms with van der Waals surface area (Å²) in [5.41, 5.74) is 1.80. The summed E-state index contributed by atoms with van der Waals surface area (Å²) in [5, 5.41) is 7.22. The lowest BCUT2D eigenvalue weighted by Gasteiger charge is -2.20. The number of nitrogens with zero attached hydrogens (tertiary/aromatic N) is 4. The van der Waals surface area contributed by atoms with Crippen LogP contribution in [0.5, 0.6) is 0 Å². The van der Waals surface area contributed by atoms with Gasteiger partial charge in [0.05, 0.1) is 17.9 Å². The first-order chi connectivity index (χ1) is 12.0. The van der Waals surface area contributed by atoms with E-state index in [0.717, 1.165) is 5.56 Å². The standard InChI is InChI=1S/C18H23N5O2/c1-14(15-6-4-3-5-7-15)23-13-16(12-19-23)20-18(25)22-9-8-17(24)21(2)10-11-22/h3-7,12-14H,8-11H2,1-2H3,(H,20,25). The molecule has 1 aliphatic rings. The van der Waals surface area contributed by atoms with E-state index in [1.165, 1.54) is 0 Å². The van der Waals surface area contributed by atoms with Crippen molar-refractivity contribution < 1.29 is 9.59 Å². The minimum Gasteiger partial charge on any atom is -0.344 e. The molecule has 3 rings (SSSR count). The maximum absolute atomic E-state index is 12.4. The van der Waals surface area contributed by atoms with Gasteiger partial charge in [-0.2, -0.15) is 5.10 Å². The van der Waals surface area contributed by atoms with E-state index in [1.54, 1.807) is 23.0 Å². The third-order valence-electron chi connectivity index (χ3n) is 4.55. The van der Waals surface area contributed by atoms with Crippen LogP contribution in [0.4, 0.5) is 10.5 Å². The van der Waals surface area contributed by atoms with Crippen molar-refractivity contribution >= 4 is 17.6 Å². The van der Waals surface area contributed by atoms with Crippen molar-refractivity contribution in [3.8, 4) is 0 Å². The molecule has 25 heavy (non-hydrogen) atoms. The first-order valence-electron chi connectivity index (χ1n) is 8.43. The molecule has 1 unspecified atom stereocenters. The molecule has 1 N–H and O–H groups in total. The van der Waals surface area contributed by atoms with E-state index in [2.05, 4.69) is 29.5 Å². The number of amides is 3. The van der Waals surface area contributed by atoms with Crippen LogP contribution in [0.25, 0.3) is 0 Å². The Kier molecular flexibility index (Phi) is 5.02. The van der Waals surface area contributed by atoms with Crippen LogP contribution in [0.1, 0.15) is 24.9 Å². The normalized spacial score (nSPS) is 16.5. The van der Waals surface area contributed by atoms with Crippen LogP contribution in [-0.2, 0) is 4.79 Å². The summed E-state index contributed by atoms with van der Waals surface area (Å²) in [6.07, 6.45) is 3.82. The van der Waals surface area contributed by atoms with Crippen molar-refractivity contribution in [2.75, 3.05) is 32.0 Å². The molecule has 1 atom stereocenters. The number of nitrogens with one attached hydrogen (secondary N) is 1. The smallest absolute Gasteiger partial charge is 0.322 e. The molecule has 0 saturated carbocycles. The number of likely N-dealkylation sites (N-methyl/N-ethyl adjacent to an activating group) is 1. The molecule has 1 saturated heterocycles. The number of carbonyl (C=O) groups is 2. The molecular weight excluding hydrogens is 318 g/mol. The van der Waals surface area contributed by atoms with E-state index < -0.39 is 0 Å². The van der Waals surface area contributed by atoms with E-state index in [0.29, 0.717) is 31.7 Å². The molecule has 0 bridgehead atoms. The maximum atomic E-state index is 12.4. The number of aromatic nitrogens is 2. The summed E-state index contributed by atoms with van der Waals surface area (Å²) in [4.78, 5) is 27.5. The summed E-state index contributed by atoms with van der Waals surface area (Å²) < 4.78 is 1.82. The lowest BCUT2D eigenvalue weighted by Crippen LogP contribution is -2.37. The van der Waals surface area contributed by atoms with Crippen LogP contribution >= 0.6 is 0 Å². The first kappa shape index (κ1) is 17.0. The number of hydrogen-bond acceptors (Lipinski definition) is 3. The molecule has 0 radical (unpaired) electrons. The van der Waals surface area contributed by atoms with Crippen LogP contribution in [0.2, 0.25) is 0 Å². The Balaban J connectivity index is 1.63. The van der Waals surface area contributed by atoms with Gasteiger partial charge in [-0.1, -0.05) is 30.3 Å². The zero-order chi connectivity index (χ0) is 17.8. The predicted octanol–water partition coefficient (Wildman–Crippen LogP) is 2.19. The maximum Gasteiger partial charge on any atom is 0.322 e. The second kappa shape index (κ2) is 7.38. The van der Waals surface area contributed by atoms with Gasteiger partial charge in [-0.15, -0.1) is 0 Å². The Morgan fingerprint density at radius 3 is 2.72 bits per heavy atom. The average molecular weight is 341 g/mol. The number of urea groups is 1. The third kappa shape index (κ3) is 3.99. The van der Waals surface area contributed by atoms with E-state index in [9.17, 15) is 9.59 Å². The summed E-state index contributed by atoms with van der Waals surface area (Å²) in [5.74, 6) is 0.0693. The minimum absolute atomic E-state index is 0.0693. The molecule has 1 aliphatic heterocycles. The highest BCUT2D eigenvalue weighted by Gasteiger charge is 2.22. The fourth-order valence-corrected chi connectivity index (χ4v) is 2.83. The van der Waals surface area contributed by atoms with Crippen LogP contribution in [-0.4, -0.2) is 58.2 Å². The molecule has 1 aromatic carbocycles. The molecule has 2 heterocycles. The summed E-state index contributed by atoms with van der Waals surface area (Å²) in [7, 11) is 1.76. The number of carbonyl (C=O) groups excluding carboxylic acids is 2. The zero-order valence-corrected chi connectivity index (χ0v) is 14.6. The lowest BCUT2D eigenvalue weighted by atomic mass is 10.1. The zero-order valence-electron chi connectivity index (χ0n) is 14.6. The first-order valence-corrected chi connectivity index (χ1v) is 8.43. The SMILES string of the molecule is CC(c1ccccc1)n1cc(NC(=O)N2CCC(=O)N(C)CC2)cn1. The molecule has 7 heteroatoms. The summed E-state index contributed by atoms with van der Waals surface area (Å²) in [6, 6.07) is 9.95. The van der Waals surface area contributed by atoms with Gasteiger partial charge >= 0.3 is 6.03 Å². The van der Waals surface area contributed by atoms with E-state index in [1.807, 2.05) is 29.1 Å². The predicted molar refractivity (Wildman–Crippen MR) is 95.3 cm³/mol. The average Bonchev–Trinajstić information content (AvgIpc) is 3.02. The Morgan fingerprint density at radius 1 is 1.20 bits per heavy atom. The highest BCUT2D eigenvalue weighted by atomic mass is 16.2. The number of benzene rings is 1. The van der Waals surface area contributed by atoms with Crippen LogP contribution < -0.4 is 5.32 Å². The van der Waals surface area contributed by atoms with Crippen LogP contribution in [0.15, 0.2) is 42.7 Å². The van der Waals surface area contributed by atoms with Crippen molar-refractivity contribution in [1.29, 1.82) is 0 Å². The number of rotatable bonds is 3. The van der Waals surface area contributed by atoms with Crippen molar-refractivity contribution in [1.82, 2.24) is 19.6 Å². The van der Waals surface area contributed by atoms with Gasteiger partial charge in [-0.3, -0.25) is 9.48 Å². The van der Waals surface area contributed by atoms with E-state index >= 15 is 0 Å². The van der Waals surface area contributed by atoms with Crippen LogP contribution in [0, 0.1) is 0 Å². The Labute approximate surface area is 147 Å². The van der Waals surface area contributed by atoms with Crippen LogP contribution in [0.3, 0.4) is 0 Å². The van der Waals surface area contributed by atoms with Gasteiger partial charge in [0.25, 0.3) is 0 Å². The lowest BCUT2D eigenvalue weighted by molar-refractivity contribution is -0.129. The van der Waals surface area contributed by atoms with Gasteiger partial charge in [0, 0.05) is 39.3 Å². The Bertz CT molecular complexity index is 743. The third-order valence-corrected chi connectivity index (χ3v) is 4.55. The molecule has 0 aliphatic carbocycles. The molecule has 0 spiro atoms. The summed E-state index contributed by atoms with van der Waals surface area (Å²) >= 11 is 0. The van der Waals surface area contributed by atoms with Gasteiger partial charge in [0.15, 0.2) is 0 Å². The van der Waals surface area contributed by atoms with E-state index in [4.69, 9.17) is 0 Å². The van der Waals surface area contributed by atoms with Crippen molar-refractivity contribution in [2.45, 2.75) is 19.4 Å². The fraction of sp³-hybridized carbons (Fsp3) is 0.389. The Hall–Kier alpha value is -2.83. The van der Waals surface area contributed by atoms with Gasteiger partial charge in [0.1, 0.15) is 0 Å². The topological polar surface area (TPSA) is 70.5 Å². The second-order valence-corrected chi connectivity index (χ2v) is 6.28. The molecule has 1 fully saturated rings. The van der Waals surface area contributed by atoms with Gasteiger partial charge in [-0.25, -0.2) is 4.79 Å². The number of anilines is 1. The molecule has 2 aromatic rings. The van der Waals surface area contributed by atoms with Gasteiger partial charge < -0.3 is 15.1 Å². The van der Waals surface area contributed by atoms with Crippen molar-refractivity contribution in [3.63, 3.8) is 0 Å². The fourth-order valence-electron chi connectivity index (χ4n) is 2.83. The van der Waals surface area contributed by atoms with E-state index in [-0.39, 0.29) is 18.0 Å². The molecule has 7 nitrogen and oxygen atoms in total. The van der Waals surface area contributed by atoms with Crippen molar-refractivity contribution in [3.05, 3.63) is 48.3 Å². The second-order valence-electron chi connectivity index (χ2n) is 6.28. The van der Waals surface area contributed by atoms with Gasteiger partial charge in [-0.05, 0) is 12.5 Å². The highest BCUT2D eigenvalue weighted by molar-refractivity contribution is 5.89.